The molecule has 11 nitrogen and oxygen atoms in total. The number of nitrogens with zero attached hydrogens (tertiary/aromatic N) is 6. The van der Waals surface area contributed by atoms with Gasteiger partial charge in [-0.05, 0) is 81.9 Å². The lowest BCUT2D eigenvalue weighted by molar-refractivity contribution is 0.0981. The number of anilines is 1. The quantitative estimate of drug-likeness (QED) is 0.460. The van der Waals surface area contributed by atoms with E-state index in [1.165, 1.54) is 18.9 Å². The molecule has 3 aromatic rings. The Morgan fingerprint density at radius 2 is 1.92 bits per heavy atom. The first kappa shape index (κ1) is 25.8. The molecule has 5 heterocycles. The van der Waals surface area contributed by atoms with Crippen LogP contribution < -0.4 is 14.4 Å². The van der Waals surface area contributed by atoms with Gasteiger partial charge in [0, 0.05) is 37.1 Å². The number of pyridine rings is 1. The molecule has 1 N–H and O–H groups in total. The third-order valence-corrected chi connectivity index (χ3v) is 9.51. The average molecular weight is 554 g/mol. The molecule has 1 atom stereocenters. The van der Waals surface area contributed by atoms with E-state index in [4.69, 9.17) is 9.72 Å². The minimum Gasteiger partial charge on any atom is -0.477 e. The second-order valence-electron chi connectivity index (χ2n) is 12.0. The van der Waals surface area contributed by atoms with Crippen molar-refractivity contribution in [3.05, 3.63) is 42.2 Å². The minimum atomic E-state index is -4.14. The zero-order valence-corrected chi connectivity index (χ0v) is 23.4. The van der Waals surface area contributed by atoms with Crippen LogP contribution in [0.1, 0.15) is 69.7 Å². The highest BCUT2D eigenvalue weighted by atomic mass is 32.2. The van der Waals surface area contributed by atoms with Crippen LogP contribution in [0.4, 0.5) is 5.82 Å². The van der Waals surface area contributed by atoms with Gasteiger partial charge in [-0.15, -0.1) is 5.10 Å². The molecule has 12 heteroatoms. The zero-order chi connectivity index (χ0) is 27.4. The van der Waals surface area contributed by atoms with E-state index in [0.717, 1.165) is 25.7 Å². The first-order valence-corrected chi connectivity index (χ1v) is 15.1. The topological polar surface area (TPSA) is 124 Å². The monoisotopic (exact) mass is 553 g/mol. The molecule has 208 valence electrons. The summed E-state index contributed by atoms with van der Waals surface area (Å²) in [4.78, 5) is 20.4. The van der Waals surface area contributed by atoms with Gasteiger partial charge in [-0.2, -0.15) is 13.5 Å². The van der Waals surface area contributed by atoms with Gasteiger partial charge in [-0.1, -0.05) is 6.92 Å². The van der Waals surface area contributed by atoms with Crippen molar-refractivity contribution in [3.63, 3.8) is 0 Å². The number of hydrogen-bond donors (Lipinski definition) is 1. The van der Waals surface area contributed by atoms with Gasteiger partial charge in [0.25, 0.3) is 15.9 Å². The number of carbonyl (C=O) groups excluding carboxylic acids is 1. The van der Waals surface area contributed by atoms with E-state index in [1.807, 2.05) is 0 Å². The fourth-order valence-corrected chi connectivity index (χ4v) is 6.62. The Balaban J connectivity index is 1.30. The maximum atomic E-state index is 13.4. The molecule has 1 saturated heterocycles. The molecule has 0 aromatic carbocycles. The van der Waals surface area contributed by atoms with Crippen LogP contribution in [0, 0.1) is 11.3 Å². The van der Waals surface area contributed by atoms with Gasteiger partial charge in [0.15, 0.2) is 10.8 Å². The average Bonchev–Trinajstić information content (AvgIpc) is 3.26. The summed E-state index contributed by atoms with van der Waals surface area (Å²) >= 11 is 0. The molecule has 0 spiro atoms. The van der Waals surface area contributed by atoms with Crippen molar-refractivity contribution >= 4 is 21.7 Å². The third-order valence-electron chi connectivity index (χ3n) is 8.28. The summed E-state index contributed by atoms with van der Waals surface area (Å²) in [6.07, 6.45) is 9.91. The summed E-state index contributed by atoms with van der Waals surface area (Å²) in [6, 6.07) is 6.50. The number of amides is 1. The van der Waals surface area contributed by atoms with Crippen molar-refractivity contribution < 1.29 is 17.9 Å². The molecule has 1 amide bonds. The Morgan fingerprint density at radius 1 is 1.10 bits per heavy atom. The van der Waals surface area contributed by atoms with E-state index in [-0.39, 0.29) is 16.1 Å². The van der Waals surface area contributed by atoms with E-state index in [1.54, 1.807) is 40.0 Å². The third kappa shape index (κ3) is 5.26. The van der Waals surface area contributed by atoms with E-state index in [0.29, 0.717) is 48.5 Å². The molecular formula is C27H35N7O4S. The Kier molecular flexibility index (Phi) is 6.20. The summed E-state index contributed by atoms with van der Waals surface area (Å²) in [6.45, 7) is 8.46. The molecule has 6 rings (SSSR count). The maximum Gasteiger partial charge on any atom is 0.283 e. The molecule has 1 saturated carbocycles. The molecule has 4 bridgehead atoms. The number of sulfonamides is 1. The van der Waals surface area contributed by atoms with Gasteiger partial charge >= 0.3 is 0 Å². The van der Waals surface area contributed by atoms with Gasteiger partial charge in [-0.3, -0.25) is 9.48 Å². The largest absolute Gasteiger partial charge is 0.477 e. The van der Waals surface area contributed by atoms with Crippen LogP contribution >= 0.6 is 0 Å². The van der Waals surface area contributed by atoms with Crippen LogP contribution in [-0.4, -0.2) is 57.6 Å². The lowest BCUT2D eigenvalue weighted by atomic mass is 9.94. The summed E-state index contributed by atoms with van der Waals surface area (Å²) in [7, 11) is -4.14. The van der Waals surface area contributed by atoms with Crippen LogP contribution in [0.15, 0.2) is 41.7 Å². The molecule has 3 aromatic heterocycles. The number of carbonyl (C=O) groups is 1. The molecule has 3 aliphatic rings. The highest BCUT2D eigenvalue weighted by Crippen LogP contribution is 2.48. The molecule has 39 heavy (non-hydrogen) atoms. The van der Waals surface area contributed by atoms with Crippen LogP contribution in [-0.2, 0) is 16.6 Å². The van der Waals surface area contributed by atoms with Crippen molar-refractivity contribution in [2.75, 3.05) is 18.1 Å². The predicted octanol–water partition coefficient (Wildman–Crippen LogP) is 3.55. The van der Waals surface area contributed by atoms with Gasteiger partial charge in [-0.25, -0.2) is 14.4 Å². The Hall–Kier alpha value is -3.41. The lowest BCUT2D eigenvalue weighted by Gasteiger charge is -2.34. The first-order valence-electron chi connectivity index (χ1n) is 13.6. The number of aryl methyl sites for hydroxylation is 1. The fraction of sp³-hybridized carbons (Fsp3) is 0.556. The second kappa shape index (κ2) is 9.35. The van der Waals surface area contributed by atoms with Crippen LogP contribution in [0.5, 0.6) is 5.88 Å². The second-order valence-corrected chi connectivity index (χ2v) is 13.7. The van der Waals surface area contributed by atoms with Crippen molar-refractivity contribution in [2.24, 2.45) is 11.3 Å². The SMILES string of the molecule is CC1(CCCOc2ccn(-c3ccc4c(n3)N3CC(CCn5ccc(n5)S(=O)(=O)NC4=O)CC3(C)C)n2)CC1. The fourth-order valence-electron chi connectivity index (χ4n) is 5.71. The normalized spacial score (nSPS) is 22.7. The summed E-state index contributed by atoms with van der Waals surface area (Å²) in [5, 5.41) is 8.56. The summed E-state index contributed by atoms with van der Waals surface area (Å²) in [5.74, 6) is 1.06. The van der Waals surface area contributed by atoms with E-state index in [2.05, 4.69) is 40.6 Å². The number of aromatic nitrogens is 5. The molecule has 0 radical (unpaired) electrons. The lowest BCUT2D eigenvalue weighted by Crippen LogP contribution is -2.41. The standard InChI is InChI=1S/C27H35N7O4S/c1-26(2)17-19-7-13-32-14-9-23(30-32)39(36,37)31-25(35)20-5-6-21(28-24(20)33(26)18-19)34-15-8-22(29-34)38-16-4-10-27(3)11-12-27/h5-6,8-9,14-15,19H,4,7,10-13,16-18H2,1-3H3,(H,31,35). The molecule has 2 fully saturated rings. The highest BCUT2D eigenvalue weighted by molar-refractivity contribution is 7.90. The number of nitrogens with one attached hydrogen (secondary N) is 1. The Bertz CT molecular complexity index is 1510. The minimum absolute atomic E-state index is 0.178. The number of rotatable bonds is 6. The van der Waals surface area contributed by atoms with Crippen molar-refractivity contribution in [3.8, 4) is 11.7 Å². The van der Waals surface area contributed by atoms with Gasteiger partial charge in [0.05, 0.1) is 12.2 Å². The van der Waals surface area contributed by atoms with Crippen LogP contribution in [0.25, 0.3) is 5.82 Å². The van der Waals surface area contributed by atoms with Gasteiger partial charge in [0.2, 0.25) is 5.88 Å². The Morgan fingerprint density at radius 3 is 2.72 bits per heavy atom. The number of ether oxygens (including phenoxy) is 1. The maximum absolute atomic E-state index is 13.4. The Labute approximate surface area is 228 Å². The van der Waals surface area contributed by atoms with Gasteiger partial charge in [0.1, 0.15) is 5.82 Å². The van der Waals surface area contributed by atoms with E-state index < -0.39 is 15.9 Å². The molecule has 2 aliphatic heterocycles. The summed E-state index contributed by atoms with van der Waals surface area (Å²) < 4.78 is 37.2. The van der Waals surface area contributed by atoms with Crippen LogP contribution in [0.2, 0.25) is 0 Å². The van der Waals surface area contributed by atoms with Crippen LogP contribution in [0.3, 0.4) is 0 Å². The van der Waals surface area contributed by atoms with E-state index >= 15 is 0 Å². The van der Waals surface area contributed by atoms with E-state index in [9.17, 15) is 13.2 Å². The smallest absolute Gasteiger partial charge is 0.283 e. The van der Waals surface area contributed by atoms with Gasteiger partial charge < -0.3 is 9.64 Å². The zero-order valence-electron chi connectivity index (χ0n) is 22.6. The molecule has 1 unspecified atom stereocenters. The van der Waals surface area contributed by atoms with Crippen molar-refractivity contribution in [1.82, 2.24) is 29.3 Å². The number of hydrogen-bond acceptors (Lipinski definition) is 8. The summed E-state index contributed by atoms with van der Waals surface area (Å²) in [5.41, 5.74) is 0.393. The van der Waals surface area contributed by atoms with Crippen molar-refractivity contribution in [2.45, 2.75) is 76.4 Å². The number of fused-ring (bicyclic) bond motifs is 6. The van der Waals surface area contributed by atoms with Crippen molar-refractivity contribution in [1.29, 1.82) is 0 Å². The molecular weight excluding hydrogens is 518 g/mol. The predicted molar refractivity (Wildman–Crippen MR) is 144 cm³/mol. The highest BCUT2D eigenvalue weighted by Gasteiger charge is 2.41. The molecule has 1 aliphatic carbocycles. The first-order chi connectivity index (χ1) is 18.5.